The molecule has 0 heterocycles. The molecule has 7 heavy (non-hydrogen) atoms. The minimum absolute atomic E-state index is 0. The SMILES string of the molecule is O[Si](O)(O)O.[MgH2].[V]. The monoisotopic (exact) mass is 173 g/mol. The molecule has 0 fully saturated rings. The third-order valence-corrected chi connectivity index (χ3v) is 0. The van der Waals surface area contributed by atoms with Gasteiger partial charge in [0.2, 0.25) is 0 Å². The summed E-state index contributed by atoms with van der Waals surface area (Å²) in [5.74, 6) is 0. The second-order valence-corrected chi connectivity index (χ2v) is 1.80. The van der Waals surface area contributed by atoms with Gasteiger partial charge in [-0.15, -0.1) is 0 Å². The van der Waals surface area contributed by atoms with E-state index in [1.54, 1.807) is 0 Å². The van der Waals surface area contributed by atoms with Crippen LogP contribution >= 0.6 is 0 Å². The zero-order valence-corrected chi connectivity index (χ0v) is 5.13. The van der Waals surface area contributed by atoms with Crippen molar-refractivity contribution in [1.82, 2.24) is 0 Å². The topological polar surface area (TPSA) is 80.9 Å². The minimum Gasteiger partial charge on any atom is -0.368 e. The maximum absolute atomic E-state index is 7.33. The Labute approximate surface area is 69.7 Å². The molecule has 0 aromatic carbocycles. The summed E-state index contributed by atoms with van der Waals surface area (Å²) in [6.07, 6.45) is 0. The number of hydrogen-bond acceptors (Lipinski definition) is 4. The molecule has 0 aliphatic rings. The van der Waals surface area contributed by atoms with Crippen LogP contribution in [0.1, 0.15) is 0 Å². The van der Waals surface area contributed by atoms with Crippen molar-refractivity contribution in [3.8, 4) is 0 Å². The summed E-state index contributed by atoms with van der Waals surface area (Å²) in [5, 5.41) is 0. The first-order chi connectivity index (χ1) is 2.00. The molecular formula is H6MgO4SiV. The molecule has 4 nitrogen and oxygen atoms in total. The van der Waals surface area contributed by atoms with Crippen LogP contribution < -0.4 is 0 Å². The fourth-order valence-corrected chi connectivity index (χ4v) is 0. The second-order valence-electron chi connectivity index (χ2n) is 0.600. The Morgan fingerprint density at radius 2 is 0.857 bits per heavy atom. The molecule has 1 radical (unpaired) electrons. The standard InChI is InChI=1S/Mg.H4O4Si.V.2H/c;1-5(2,3)4;;;/h;1-4H;;;. The summed E-state index contributed by atoms with van der Waals surface area (Å²) < 4.78 is 0. The molecule has 0 aliphatic heterocycles. The van der Waals surface area contributed by atoms with Gasteiger partial charge in [-0.1, -0.05) is 0 Å². The van der Waals surface area contributed by atoms with Gasteiger partial charge in [0.05, 0.1) is 0 Å². The average molecular weight is 173 g/mol. The van der Waals surface area contributed by atoms with Crippen LogP contribution in [-0.2, 0) is 18.6 Å². The maximum Gasteiger partial charge on any atom is 0.668 e. The molecule has 7 heteroatoms. The van der Waals surface area contributed by atoms with Crippen molar-refractivity contribution in [3.63, 3.8) is 0 Å². The largest absolute Gasteiger partial charge is 0.668 e. The maximum atomic E-state index is 7.33. The van der Waals surface area contributed by atoms with Gasteiger partial charge in [0.25, 0.3) is 0 Å². The molecule has 0 amide bonds. The Hall–Kier alpha value is 1.41. The first-order valence-corrected chi connectivity index (χ1v) is 2.68. The van der Waals surface area contributed by atoms with Crippen molar-refractivity contribution in [2.24, 2.45) is 0 Å². The molecule has 0 unspecified atom stereocenters. The van der Waals surface area contributed by atoms with Crippen LogP contribution in [0.15, 0.2) is 0 Å². The Bertz CT molecular complexity index is 27.2. The Balaban J connectivity index is -0.0000000800. The van der Waals surface area contributed by atoms with Gasteiger partial charge in [0, 0.05) is 18.6 Å². The summed E-state index contributed by atoms with van der Waals surface area (Å²) in [6, 6.07) is 0. The molecule has 0 atom stereocenters. The molecule has 0 spiro atoms. The Morgan fingerprint density at radius 1 is 0.857 bits per heavy atom. The van der Waals surface area contributed by atoms with Crippen LogP contribution in [0, 0.1) is 0 Å². The van der Waals surface area contributed by atoms with Gasteiger partial charge in [0.1, 0.15) is 0 Å². The summed E-state index contributed by atoms with van der Waals surface area (Å²) in [4.78, 5) is 29.3. The smallest absolute Gasteiger partial charge is 0.368 e. The van der Waals surface area contributed by atoms with E-state index in [0.717, 1.165) is 0 Å². The molecule has 0 rings (SSSR count). The second kappa shape index (κ2) is 5.54. The third-order valence-electron chi connectivity index (χ3n) is 0. The van der Waals surface area contributed by atoms with E-state index in [2.05, 4.69) is 0 Å². The van der Waals surface area contributed by atoms with E-state index in [4.69, 9.17) is 19.2 Å². The molecular weight excluding hydrogens is 167 g/mol. The first kappa shape index (κ1) is 15.8. The molecule has 0 aliphatic carbocycles. The van der Waals surface area contributed by atoms with Gasteiger partial charge in [-0.2, -0.15) is 0 Å². The van der Waals surface area contributed by atoms with E-state index < -0.39 is 9.05 Å². The van der Waals surface area contributed by atoms with E-state index >= 15 is 0 Å². The normalized spacial score (nSPS) is 8.57. The molecule has 0 aromatic heterocycles. The summed E-state index contributed by atoms with van der Waals surface area (Å²) in [5.41, 5.74) is 0. The van der Waals surface area contributed by atoms with Gasteiger partial charge in [0.15, 0.2) is 0 Å². The molecule has 4 N–H and O–H groups in total. The van der Waals surface area contributed by atoms with E-state index in [9.17, 15) is 0 Å². The zero-order chi connectivity index (χ0) is 4.50. The van der Waals surface area contributed by atoms with Crippen LogP contribution in [0.3, 0.4) is 0 Å². The minimum atomic E-state index is -4.61. The van der Waals surface area contributed by atoms with Crippen molar-refractivity contribution >= 4 is 32.1 Å². The van der Waals surface area contributed by atoms with Gasteiger partial charge in [-0.25, -0.2) is 0 Å². The number of rotatable bonds is 0. The molecule has 41 valence electrons. The van der Waals surface area contributed by atoms with Gasteiger partial charge < -0.3 is 19.2 Å². The van der Waals surface area contributed by atoms with Gasteiger partial charge >= 0.3 is 32.1 Å². The predicted octanol–water partition coefficient (Wildman–Crippen LogP) is -3.53. The fourth-order valence-electron chi connectivity index (χ4n) is 0. The van der Waals surface area contributed by atoms with Crippen molar-refractivity contribution in [3.05, 3.63) is 0 Å². The molecule has 0 saturated carbocycles. The van der Waals surface area contributed by atoms with Gasteiger partial charge in [-0.05, 0) is 0 Å². The average Bonchev–Trinajstić information content (AvgIpc) is 0.722. The van der Waals surface area contributed by atoms with Crippen LogP contribution in [0.4, 0.5) is 0 Å². The van der Waals surface area contributed by atoms with E-state index in [1.165, 1.54) is 0 Å². The summed E-state index contributed by atoms with van der Waals surface area (Å²) >= 11 is 0. The Kier molecular flexibility index (Phi) is 12.5. The molecule has 0 saturated heterocycles. The quantitative estimate of drug-likeness (QED) is 0.286. The summed E-state index contributed by atoms with van der Waals surface area (Å²) in [7, 11) is -4.61. The van der Waals surface area contributed by atoms with Crippen molar-refractivity contribution in [2.75, 3.05) is 0 Å². The Morgan fingerprint density at radius 3 is 0.857 bits per heavy atom. The van der Waals surface area contributed by atoms with E-state index in [-0.39, 0.29) is 41.6 Å². The van der Waals surface area contributed by atoms with E-state index in [1.807, 2.05) is 0 Å². The van der Waals surface area contributed by atoms with Crippen LogP contribution in [0.2, 0.25) is 0 Å². The van der Waals surface area contributed by atoms with Gasteiger partial charge in [-0.3, -0.25) is 0 Å². The van der Waals surface area contributed by atoms with Crippen LogP contribution in [0.25, 0.3) is 0 Å². The fraction of sp³-hybridized carbons (Fsp3) is 0. The zero-order valence-electron chi connectivity index (χ0n) is 2.74. The molecule has 0 bridgehead atoms. The number of hydrogen-bond donors (Lipinski definition) is 4. The van der Waals surface area contributed by atoms with Crippen molar-refractivity contribution in [1.29, 1.82) is 0 Å². The summed E-state index contributed by atoms with van der Waals surface area (Å²) in [6.45, 7) is 0. The molecule has 0 aromatic rings. The van der Waals surface area contributed by atoms with Crippen molar-refractivity contribution < 1.29 is 37.7 Å². The van der Waals surface area contributed by atoms with Crippen LogP contribution in [-0.4, -0.2) is 51.3 Å². The van der Waals surface area contributed by atoms with Crippen molar-refractivity contribution in [2.45, 2.75) is 0 Å². The van der Waals surface area contributed by atoms with E-state index in [0.29, 0.717) is 0 Å². The first-order valence-electron chi connectivity index (χ1n) is 0.894. The third kappa shape index (κ3) is 109. The predicted molar refractivity (Wildman–Crippen MR) is 23.2 cm³/mol. The van der Waals surface area contributed by atoms with Crippen LogP contribution in [0.5, 0.6) is 0 Å².